The van der Waals surface area contributed by atoms with Crippen LogP contribution < -0.4 is 5.32 Å². The van der Waals surface area contributed by atoms with Gasteiger partial charge < -0.3 is 5.32 Å². The van der Waals surface area contributed by atoms with Crippen LogP contribution in [-0.4, -0.2) is 4.92 Å². The van der Waals surface area contributed by atoms with Crippen LogP contribution in [0.15, 0.2) is 42.5 Å². The molecule has 2 aromatic carbocycles. The molecule has 1 N–H and O–H groups in total. The highest BCUT2D eigenvalue weighted by molar-refractivity contribution is 6.31. The fourth-order valence-corrected chi connectivity index (χ4v) is 2.38. The summed E-state index contributed by atoms with van der Waals surface area (Å²) < 4.78 is 0. The van der Waals surface area contributed by atoms with E-state index in [9.17, 15) is 10.1 Å². The van der Waals surface area contributed by atoms with Crippen molar-refractivity contribution in [2.75, 3.05) is 0 Å². The minimum absolute atomic E-state index is 0.0216. The van der Waals surface area contributed by atoms with Crippen molar-refractivity contribution in [3.05, 3.63) is 73.8 Å². The van der Waals surface area contributed by atoms with Crippen LogP contribution in [0.5, 0.6) is 0 Å². The van der Waals surface area contributed by atoms with Crippen LogP contribution in [0, 0.1) is 10.1 Å². The first kappa shape index (κ1) is 15.8. The normalized spacial score (nSPS) is 12.1. The van der Waals surface area contributed by atoms with Gasteiger partial charge in [0.15, 0.2) is 0 Å². The SMILES string of the molecule is CC(NCc1ccc(Cl)cc1[N+](=O)[O-])c1cccc(Cl)c1. The minimum Gasteiger partial charge on any atom is -0.306 e. The number of rotatable bonds is 5. The maximum Gasteiger partial charge on any atom is 0.275 e. The first-order chi connectivity index (χ1) is 9.97. The van der Waals surface area contributed by atoms with Gasteiger partial charge in [-0.1, -0.05) is 35.3 Å². The molecule has 21 heavy (non-hydrogen) atoms. The Morgan fingerprint density at radius 2 is 1.90 bits per heavy atom. The molecule has 0 amide bonds. The Bertz CT molecular complexity index is 662. The van der Waals surface area contributed by atoms with Crippen molar-refractivity contribution in [3.8, 4) is 0 Å². The Kier molecular flexibility index (Phi) is 5.17. The van der Waals surface area contributed by atoms with E-state index >= 15 is 0 Å². The van der Waals surface area contributed by atoms with Gasteiger partial charge in [-0.3, -0.25) is 10.1 Å². The topological polar surface area (TPSA) is 55.2 Å². The van der Waals surface area contributed by atoms with Gasteiger partial charge in [0.2, 0.25) is 0 Å². The number of nitrogens with zero attached hydrogens (tertiary/aromatic N) is 1. The lowest BCUT2D eigenvalue weighted by Crippen LogP contribution is -2.18. The van der Waals surface area contributed by atoms with Gasteiger partial charge >= 0.3 is 0 Å². The predicted molar refractivity (Wildman–Crippen MR) is 84.8 cm³/mol. The van der Waals surface area contributed by atoms with Gasteiger partial charge in [-0.2, -0.15) is 0 Å². The molecule has 0 saturated heterocycles. The molecule has 2 aromatic rings. The van der Waals surface area contributed by atoms with E-state index in [4.69, 9.17) is 23.2 Å². The molecule has 0 saturated carbocycles. The number of nitro benzene ring substituents is 1. The smallest absolute Gasteiger partial charge is 0.275 e. The Hall–Kier alpha value is -1.62. The number of benzene rings is 2. The number of nitrogens with one attached hydrogen (secondary N) is 1. The largest absolute Gasteiger partial charge is 0.306 e. The van der Waals surface area contributed by atoms with E-state index in [2.05, 4.69) is 5.32 Å². The van der Waals surface area contributed by atoms with Gasteiger partial charge in [0, 0.05) is 34.3 Å². The molecule has 4 nitrogen and oxygen atoms in total. The molecule has 0 aliphatic rings. The summed E-state index contributed by atoms with van der Waals surface area (Å²) in [7, 11) is 0. The Morgan fingerprint density at radius 1 is 1.19 bits per heavy atom. The van der Waals surface area contributed by atoms with Gasteiger partial charge in [-0.15, -0.1) is 0 Å². The first-order valence-corrected chi connectivity index (χ1v) is 7.14. The van der Waals surface area contributed by atoms with E-state index in [0.29, 0.717) is 22.2 Å². The van der Waals surface area contributed by atoms with Crippen molar-refractivity contribution < 1.29 is 4.92 Å². The molecular formula is C15H14Cl2N2O2. The van der Waals surface area contributed by atoms with Crippen molar-refractivity contribution in [2.45, 2.75) is 19.5 Å². The molecule has 2 rings (SSSR count). The first-order valence-electron chi connectivity index (χ1n) is 6.39. The third-order valence-electron chi connectivity index (χ3n) is 3.19. The summed E-state index contributed by atoms with van der Waals surface area (Å²) in [6, 6.07) is 12.2. The average molecular weight is 325 g/mol. The highest BCUT2D eigenvalue weighted by atomic mass is 35.5. The highest BCUT2D eigenvalue weighted by Gasteiger charge is 2.15. The summed E-state index contributed by atoms with van der Waals surface area (Å²) in [5.74, 6) is 0. The second-order valence-electron chi connectivity index (χ2n) is 4.69. The Labute approximate surface area is 132 Å². The van der Waals surface area contributed by atoms with Crippen molar-refractivity contribution in [1.29, 1.82) is 0 Å². The van der Waals surface area contributed by atoms with Crippen LogP contribution >= 0.6 is 23.2 Å². The third kappa shape index (κ3) is 4.17. The molecule has 0 radical (unpaired) electrons. The number of hydrogen-bond donors (Lipinski definition) is 1. The van der Waals surface area contributed by atoms with E-state index in [-0.39, 0.29) is 11.7 Å². The molecular weight excluding hydrogens is 311 g/mol. The molecule has 1 atom stereocenters. The molecule has 0 spiro atoms. The summed E-state index contributed by atoms with van der Waals surface area (Å²) in [5, 5.41) is 15.3. The zero-order chi connectivity index (χ0) is 15.4. The van der Waals surface area contributed by atoms with Crippen LogP contribution in [0.3, 0.4) is 0 Å². The molecule has 1 unspecified atom stereocenters. The van der Waals surface area contributed by atoms with E-state index in [1.165, 1.54) is 6.07 Å². The van der Waals surface area contributed by atoms with E-state index < -0.39 is 4.92 Å². The van der Waals surface area contributed by atoms with Crippen molar-refractivity contribution in [3.63, 3.8) is 0 Å². The average Bonchev–Trinajstić information content (AvgIpc) is 2.45. The summed E-state index contributed by atoms with van der Waals surface area (Å²) in [4.78, 5) is 10.6. The molecule has 0 heterocycles. The quantitative estimate of drug-likeness (QED) is 0.637. The maximum absolute atomic E-state index is 11.0. The predicted octanol–water partition coefficient (Wildman–Crippen LogP) is 4.75. The summed E-state index contributed by atoms with van der Waals surface area (Å²) in [5.41, 5.74) is 1.64. The maximum atomic E-state index is 11.0. The molecule has 0 bridgehead atoms. The second kappa shape index (κ2) is 6.89. The number of hydrogen-bond acceptors (Lipinski definition) is 3. The van der Waals surface area contributed by atoms with Crippen LogP contribution in [0.25, 0.3) is 0 Å². The monoisotopic (exact) mass is 324 g/mol. The number of nitro groups is 1. The Morgan fingerprint density at radius 3 is 2.57 bits per heavy atom. The third-order valence-corrected chi connectivity index (χ3v) is 3.66. The molecule has 0 aromatic heterocycles. The zero-order valence-electron chi connectivity index (χ0n) is 11.3. The molecule has 6 heteroatoms. The minimum atomic E-state index is -0.424. The van der Waals surface area contributed by atoms with Crippen LogP contribution in [-0.2, 0) is 6.54 Å². The second-order valence-corrected chi connectivity index (χ2v) is 5.56. The lowest BCUT2D eigenvalue weighted by atomic mass is 10.1. The lowest BCUT2D eigenvalue weighted by molar-refractivity contribution is -0.385. The van der Waals surface area contributed by atoms with E-state index in [1.807, 2.05) is 31.2 Å². The standard InChI is InChI=1S/C15H14Cl2N2O2/c1-10(11-3-2-4-13(16)7-11)18-9-12-5-6-14(17)8-15(12)19(20)21/h2-8,10,18H,9H2,1H3. The Balaban J connectivity index is 2.11. The summed E-state index contributed by atoms with van der Waals surface area (Å²) in [6.45, 7) is 2.36. The fourth-order valence-electron chi connectivity index (χ4n) is 2.01. The zero-order valence-corrected chi connectivity index (χ0v) is 12.9. The molecule has 110 valence electrons. The van der Waals surface area contributed by atoms with Crippen LogP contribution in [0.2, 0.25) is 10.0 Å². The molecule has 0 aliphatic carbocycles. The van der Waals surface area contributed by atoms with Crippen LogP contribution in [0.1, 0.15) is 24.1 Å². The molecule has 0 aliphatic heterocycles. The van der Waals surface area contributed by atoms with Crippen molar-refractivity contribution in [2.24, 2.45) is 0 Å². The molecule has 0 fully saturated rings. The van der Waals surface area contributed by atoms with Gasteiger partial charge in [-0.05, 0) is 36.8 Å². The lowest BCUT2D eigenvalue weighted by Gasteiger charge is -2.14. The summed E-state index contributed by atoms with van der Waals surface area (Å²) in [6.07, 6.45) is 0. The van der Waals surface area contributed by atoms with Crippen molar-refractivity contribution >= 4 is 28.9 Å². The van der Waals surface area contributed by atoms with Gasteiger partial charge in [0.25, 0.3) is 5.69 Å². The van der Waals surface area contributed by atoms with Crippen molar-refractivity contribution in [1.82, 2.24) is 5.32 Å². The van der Waals surface area contributed by atoms with Gasteiger partial charge in [-0.25, -0.2) is 0 Å². The number of halogens is 2. The van der Waals surface area contributed by atoms with Gasteiger partial charge in [0.1, 0.15) is 0 Å². The summed E-state index contributed by atoms with van der Waals surface area (Å²) >= 11 is 11.8. The van der Waals surface area contributed by atoms with Gasteiger partial charge in [0.05, 0.1) is 4.92 Å². The van der Waals surface area contributed by atoms with E-state index in [0.717, 1.165) is 5.56 Å². The highest BCUT2D eigenvalue weighted by Crippen LogP contribution is 2.24. The van der Waals surface area contributed by atoms with E-state index in [1.54, 1.807) is 12.1 Å². The van der Waals surface area contributed by atoms with Crippen LogP contribution in [0.4, 0.5) is 5.69 Å². The fraction of sp³-hybridized carbons (Fsp3) is 0.200.